The van der Waals surface area contributed by atoms with E-state index in [0.29, 0.717) is 47.7 Å². The van der Waals surface area contributed by atoms with Gasteiger partial charge in [-0.15, -0.1) is 0 Å². The minimum atomic E-state index is -1.97. The van der Waals surface area contributed by atoms with E-state index in [9.17, 15) is 25.3 Å². The zero-order chi connectivity index (χ0) is 25.0. The van der Waals surface area contributed by atoms with Gasteiger partial charge in [0.2, 0.25) is 11.7 Å². The van der Waals surface area contributed by atoms with Gasteiger partial charge in [-0.25, -0.2) is 5.06 Å². The van der Waals surface area contributed by atoms with Gasteiger partial charge in [-0.3, -0.25) is 10.0 Å². The molecule has 3 rings (SSSR count). The Kier molecular flexibility index (Phi) is 7.43. The molecular formula is C24H29NO9. The Balaban J connectivity index is 2.20. The minimum Gasteiger partial charge on any atom is -0.504 e. The average Bonchev–Trinajstić information content (AvgIpc) is 2.77. The number of benzene rings is 2. The molecule has 184 valence electrons. The number of hydrogen-bond acceptors (Lipinski definition) is 9. The van der Waals surface area contributed by atoms with Crippen LogP contribution in [0.5, 0.6) is 34.5 Å². The monoisotopic (exact) mass is 475 g/mol. The third kappa shape index (κ3) is 4.97. The number of carbonyl (C=O) groups excluding carboxylic acids is 1. The zero-order valence-electron chi connectivity index (χ0n) is 19.5. The lowest BCUT2D eigenvalue weighted by atomic mass is 9.85. The summed E-state index contributed by atoms with van der Waals surface area (Å²) in [5.41, 5.74) is -1.49. The molecule has 0 aliphatic carbocycles. The van der Waals surface area contributed by atoms with Crippen LogP contribution in [0.1, 0.15) is 38.3 Å². The van der Waals surface area contributed by atoms with E-state index in [1.807, 2.05) is 20.8 Å². The van der Waals surface area contributed by atoms with Gasteiger partial charge in [0, 0.05) is 24.2 Å². The first-order chi connectivity index (χ1) is 16.1. The number of hydrogen-bond donors (Lipinski definition) is 4. The number of amides is 1. The maximum atomic E-state index is 12.3. The number of carbonyl (C=O) groups is 1. The molecule has 2 aromatic carbocycles. The molecule has 0 saturated heterocycles. The number of aromatic hydroxyl groups is 2. The minimum absolute atomic E-state index is 0.0218. The largest absolute Gasteiger partial charge is 0.504 e. The number of phenolic OH excluding ortho intramolecular Hbond substituents is 2. The molecule has 10 heteroatoms. The third-order valence-electron chi connectivity index (χ3n) is 5.11. The van der Waals surface area contributed by atoms with Gasteiger partial charge in [0.1, 0.15) is 17.1 Å². The van der Waals surface area contributed by atoms with Crippen molar-refractivity contribution in [3.63, 3.8) is 0 Å². The molecule has 1 aliphatic rings. The van der Waals surface area contributed by atoms with Crippen molar-refractivity contribution in [2.24, 2.45) is 0 Å². The van der Waals surface area contributed by atoms with Gasteiger partial charge in [0.15, 0.2) is 23.0 Å². The summed E-state index contributed by atoms with van der Waals surface area (Å²) in [5, 5.41) is 41.4. The van der Waals surface area contributed by atoms with Crippen LogP contribution in [0.25, 0.3) is 5.76 Å². The molecule has 4 N–H and O–H groups in total. The fourth-order valence-electron chi connectivity index (χ4n) is 3.59. The third-order valence-corrected chi connectivity index (χ3v) is 5.11. The molecule has 0 fully saturated rings. The average molecular weight is 475 g/mol. The fraction of sp³-hybridized carbons (Fsp3) is 0.375. The number of hydroxylamine groups is 2. The highest BCUT2D eigenvalue weighted by Gasteiger charge is 2.39. The molecule has 0 saturated carbocycles. The number of aliphatic hydroxyl groups is 1. The molecule has 1 aliphatic heterocycles. The Morgan fingerprint density at radius 1 is 0.971 bits per heavy atom. The first kappa shape index (κ1) is 25.0. The van der Waals surface area contributed by atoms with E-state index in [1.54, 1.807) is 12.1 Å². The van der Waals surface area contributed by atoms with Crippen molar-refractivity contribution in [1.82, 2.24) is 5.06 Å². The van der Waals surface area contributed by atoms with E-state index in [1.165, 1.54) is 6.08 Å². The molecule has 34 heavy (non-hydrogen) atoms. The Morgan fingerprint density at radius 3 is 2.06 bits per heavy atom. The molecule has 1 heterocycles. The van der Waals surface area contributed by atoms with Gasteiger partial charge in [-0.1, -0.05) is 0 Å². The van der Waals surface area contributed by atoms with Crippen molar-refractivity contribution in [1.29, 1.82) is 0 Å². The molecule has 0 radical (unpaired) electrons. The second-order valence-electron chi connectivity index (χ2n) is 7.57. The Bertz CT molecular complexity index is 1070. The molecule has 0 bridgehead atoms. The fourth-order valence-corrected chi connectivity index (χ4v) is 3.59. The highest BCUT2D eigenvalue weighted by Crippen LogP contribution is 2.48. The van der Waals surface area contributed by atoms with E-state index < -0.39 is 29.4 Å². The summed E-state index contributed by atoms with van der Waals surface area (Å²) >= 11 is 0. The lowest BCUT2D eigenvalue weighted by molar-refractivity contribution is -0.163. The normalized spacial score (nSPS) is 16.7. The van der Waals surface area contributed by atoms with Crippen LogP contribution in [-0.4, -0.2) is 58.4 Å². The second-order valence-corrected chi connectivity index (χ2v) is 7.57. The summed E-state index contributed by atoms with van der Waals surface area (Å²) in [6, 6.07) is 5.54. The van der Waals surface area contributed by atoms with Crippen LogP contribution >= 0.6 is 0 Å². The lowest BCUT2D eigenvalue weighted by Gasteiger charge is -2.33. The summed E-state index contributed by atoms with van der Waals surface area (Å²) in [7, 11) is 1.14. The maximum Gasteiger partial charge on any atom is 0.249 e. The van der Waals surface area contributed by atoms with Crippen molar-refractivity contribution in [2.45, 2.75) is 32.8 Å². The van der Waals surface area contributed by atoms with Gasteiger partial charge in [-0.05, 0) is 45.0 Å². The quantitative estimate of drug-likeness (QED) is 0.245. The molecule has 0 aromatic heterocycles. The molecule has 10 nitrogen and oxygen atoms in total. The van der Waals surface area contributed by atoms with Crippen LogP contribution in [0.3, 0.4) is 0 Å². The van der Waals surface area contributed by atoms with Crippen LogP contribution < -0.4 is 18.9 Å². The number of nitrogens with zero attached hydrogens (tertiary/aromatic N) is 1. The van der Waals surface area contributed by atoms with E-state index >= 15 is 0 Å². The van der Waals surface area contributed by atoms with Crippen LogP contribution in [0, 0.1) is 0 Å². The van der Waals surface area contributed by atoms with Gasteiger partial charge in [0.25, 0.3) is 0 Å². The smallest absolute Gasteiger partial charge is 0.249 e. The highest BCUT2D eigenvalue weighted by molar-refractivity contribution is 5.79. The number of phenols is 2. The lowest BCUT2D eigenvalue weighted by Crippen LogP contribution is -2.35. The highest BCUT2D eigenvalue weighted by atomic mass is 16.5. The SMILES string of the molecule is CCOc1cc(C2=CC(O)(CC(=O)N(C)O)c3cc(O)c(O)cc3O2)cc(OCC)c1OCC. The maximum absolute atomic E-state index is 12.3. The van der Waals surface area contributed by atoms with Gasteiger partial charge in [-0.2, -0.15) is 0 Å². The number of rotatable bonds is 9. The molecule has 1 unspecified atom stereocenters. The summed E-state index contributed by atoms with van der Waals surface area (Å²) in [6.45, 7) is 6.56. The summed E-state index contributed by atoms with van der Waals surface area (Å²) in [6.07, 6.45) is 0.742. The second kappa shape index (κ2) is 10.1. The van der Waals surface area contributed by atoms with Crippen LogP contribution in [0.4, 0.5) is 0 Å². The predicted molar refractivity (Wildman–Crippen MR) is 121 cm³/mol. The van der Waals surface area contributed by atoms with E-state index in [4.69, 9.17) is 18.9 Å². The van der Waals surface area contributed by atoms with Gasteiger partial charge >= 0.3 is 0 Å². The van der Waals surface area contributed by atoms with Gasteiger partial charge in [0.05, 0.1) is 26.2 Å². The Hall–Kier alpha value is -3.63. The van der Waals surface area contributed by atoms with Crippen molar-refractivity contribution < 1.29 is 44.3 Å². The summed E-state index contributed by atoms with van der Waals surface area (Å²) in [5.74, 6) is -0.387. The standard InChI is InChI=1S/C24H29NO9/c1-5-31-19-8-14(9-20(32-6-2)23(19)33-7-3)21-12-24(29,13-22(28)25(4)30)15-10-16(26)17(27)11-18(15)34-21/h8-12,26-27,29-30H,5-7,13H2,1-4H3. The van der Waals surface area contributed by atoms with Crippen molar-refractivity contribution >= 4 is 11.7 Å². The van der Waals surface area contributed by atoms with Crippen LogP contribution in [-0.2, 0) is 10.4 Å². The van der Waals surface area contributed by atoms with E-state index in [-0.39, 0.29) is 17.1 Å². The zero-order valence-corrected chi connectivity index (χ0v) is 19.5. The topological polar surface area (TPSA) is 138 Å². The van der Waals surface area contributed by atoms with Crippen molar-refractivity contribution in [3.8, 4) is 34.5 Å². The Morgan fingerprint density at radius 2 is 1.53 bits per heavy atom. The molecule has 0 spiro atoms. The van der Waals surface area contributed by atoms with Crippen molar-refractivity contribution in [2.75, 3.05) is 26.9 Å². The van der Waals surface area contributed by atoms with Crippen LogP contribution in [0.15, 0.2) is 30.3 Å². The molecular weight excluding hydrogens is 446 g/mol. The predicted octanol–water partition coefficient (Wildman–Crippen LogP) is 3.15. The van der Waals surface area contributed by atoms with Gasteiger partial charge < -0.3 is 34.3 Å². The van der Waals surface area contributed by atoms with Crippen LogP contribution in [0.2, 0.25) is 0 Å². The first-order valence-electron chi connectivity index (χ1n) is 10.8. The first-order valence-corrected chi connectivity index (χ1v) is 10.8. The molecule has 2 aromatic rings. The Labute approximate surface area is 197 Å². The summed E-state index contributed by atoms with van der Waals surface area (Å²) in [4.78, 5) is 12.3. The van der Waals surface area contributed by atoms with E-state index in [2.05, 4.69) is 0 Å². The number of fused-ring (bicyclic) bond motifs is 1. The van der Waals surface area contributed by atoms with E-state index in [0.717, 1.165) is 19.2 Å². The summed E-state index contributed by atoms with van der Waals surface area (Å²) < 4.78 is 23.2. The molecule has 1 amide bonds. The van der Waals surface area contributed by atoms with Crippen molar-refractivity contribution in [3.05, 3.63) is 41.5 Å². The number of ether oxygens (including phenoxy) is 4. The molecule has 1 atom stereocenters.